The van der Waals surface area contributed by atoms with Crippen LogP contribution in [0.3, 0.4) is 0 Å². The van der Waals surface area contributed by atoms with Crippen molar-refractivity contribution in [2.75, 3.05) is 0 Å². The maximum atomic E-state index is 10.4. The summed E-state index contributed by atoms with van der Waals surface area (Å²) >= 11 is 5.71. The first kappa shape index (κ1) is 8.81. The molecule has 2 nitrogen and oxygen atoms in total. The van der Waals surface area contributed by atoms with Crippen molar-refractivity contribution in [2.24, 2.45) is 5.73 Å². The van der Waals surface area contributed by atoms with Gasteiger partial charge in [-0.15, -0.1) is 0 Å². The quantitative estimate of drug-likeness (QED) is 0.696. The molecule has 0 aliphatic heterocycles. The minimum absolute atomic E-state index is 0.463. The third-order valence-electron chi connectivity index (χ3n) is 1.29. The highest BCUT2D eigenvalue weighted by atomic mass is 35.5. The first-order chi connectivity index (χ1) is 5.68. The van der Waals surface area contributed by atoms with Gasteiger partial charge < -0.3 is 5.73 Å². The van der Waals surface area contributed by atoms with E-state index in [0.717, 1.165) is 5.56 Å². The topological polar surface area (TPSA) is 43.1 Å². The molecule has 0 bridgehead atoms. The fraction of sp³-hybridized carbons (Fsp3) is 0. The number of hydrogen-bond donors (Lipinski definition) is 1. The van der Waals surface area contributed by atoms with E-state index in [4.69, 9.17) is 17.3 Å². The zero-order valence-electron chi connectivity index (χ0n) is 6.33. The zero-order chi connectivity index (χ0) is 8.97. The van der Waals surface area contributed by atoms with Crippen molar-refractivity contribution < 1.29 is 4.79 Å². The van der Waals surface area contributed by atoms with Gasteiger partial charge in [-0.25, -0.2) is 0 Å². The molecule has 1 aromatic carbocycles. The predicted molar refractivity (Wildman–Crippen MR) is 49.7 cm³/mol. The van der Waals surface area contributed by atoms with E-state index in [1.165, 1.54) is 6.08 Å². The lowest BCUT2D eigenvalue weighted by Crippen LogP contribution is -2.04. The zero-order valence-corrected chi connectivity index (χ0v) is 7.08. The third-order valence-corrected chi connectivity index (χ3v) is 1.52. The lowest BCUT2D eigenvalue weighted by molar-refractivity contribution is -0.113. The number of primary amides is 1. The summed E-state index contributed by atoms with van der Waals surface area (Å²) in [5.41, 5.74) is 5.78. The van der Waals surface area contributed by atoms with Crippen molar-refractivity contribution in [3.05, 3.63) is 40.9 Å². The maximum absolute atomic E-state index is 10.4. The van der Waals surface area contributed by atoms with Gasteiger partial charge in [0.15, 0.2) is 0 Å². The van der Waals surface area contributed by atoms with E-state index in [0.29, 0.717) is 5.02 Å². The van der Waals surface area contributed by atoms with Crippen LogP contribution in [0.25, 0.3) is 6.08 Å². The van der Waals surface area contributed by atoms with Crippen LogP contribution >= 0.6 is 11.6 Å². The van der Waals surface area contributed by atoms with Crippen LogP contribution in [0.2, 0.25) is 5.02 Å². The predicted octanol–water partition coefficient (Wildman–Crippen LogP) is 1.84. The van der Waals surface area contributed by atoms with Gasteiger partial charge in [-0.1, -0.05) is 23.7 Å². The normalized spacial score (nSPS) is 10.4. The second kappa shape index (κ2) is 3.93. The first-order valence-electron chi connectivity index (χ1n) is 3.41. The molecule has 1 aromatic rings. The van der Waals surface area contributed by atoms with E-state index in [-0.39, 0.29) is 0 Å². The number of amides is 1. The molecule has 3 heteroatoms. The fourth-order valence-electron chi connectivity index (χ4n) is 0.789. The SMILES string of the molecule is NC(=O)C=Cc1cccc(Cl)c1. The van der Waals surface area contributed by atoms with Gasteiger partial charge >= 0.3 is 0 Å². The molecule has 0 aliphatic carbocycles. The van der Waals surface area contributed by atoms with E-state index in [9.17, 15) is 4.79 Å². The lowest BCUT2D eigenvalue weighted by atomic mass is 10.2. The van der Waals surface area contributed by atoms with Gasteiger partial charge in [0.25, 0.3) is 0 Å². The van der Waals surface area contributed by atoms with Gasteiger partial charge in [-0.05, 0) is 23.8 Å². The third kappa shape index (κ3) is 2.76. The molecule has 0 saturated carbocycles. The van der Waals surface area contributed by atoms with Crippen LogP contribution in [0, 0.1) is 0 Å². The number of rotatable bonds is 2. The largest absolute Gasteiger partial charge is 0.366 e. The maximum Gasteiger partial charge on any atom is 0.241 e. The van der Waals surface area contributed by atoms with Gasteiger partial charge in [0, 0.05) is 11.1 Å². The Labute approximate surface area is 75.6 Å². The summed E-state index contributed by atoms with van der Waals surface area (Å²) in [7, 11) is 0. The van der Waals surface area contributed by atoms with E-state index in [1.807, 2.05) is 12.1 Å². The number of halogens is 1. The Kier molecular flexibility index (Phi) is 2.88. The molecule has 0 fully saturated rings. The lowest BCUT2D eigenvalue weighted by Gasteiger charge is -1.92. The van der Waals surface area contributed by atoms with Crippen molar-refractivity contribution in [2.45, 2.75) is 0 Å². The average Bonchev–Trinajstić information content (AvgIpc) is 2.01. The van der Waals surface area contributed by atoms with E-state index >= 15 is 0 Å². The van der Waals surface area contributed by atoms with Crippen LogP contribution in [0.5, 0.6) is 0 Å². The standard InChI is InChI=1S/C9H8ClNO/c10-8-3-1-2-7(6-8)4-5-9(11)12/h1-6H,(H2,11,12). The highest BCUT2D eigenvalue weighted by Crippen LogP contribution is 2.11. The van der Waals surface area contributed by atoms with Gasteiger partial charge in [0.05, 0.1) is 0 Å². The highest BCUT2D eigenvalue weighted by molar-refractivity contribution is 6.30. The van der Waals surface area contributed by atoms with Gasteiger partial charge in [0.1, 0.15) is 0 Å². The number of carbonyl (C=O) groups excluding carboxylic acids is 1. The Bertz CT molecular complexity index is 320. The number of carbonyl (C=O) groups is 1. The Morgan fingerprint density at radius 1 is 1.50 bits per heavy atom. The number of hydrogen-bond acceptors (Lipinski definition) is 1. The van der Waals surface area contributed by atoms with Crippen LogP contribution in [0.15, 0.2) is 30.3 Å². The minimum atomic E-state index is -0.463. The summed E-state index contributed by atoms with van der Waals surface area (Å²) in [5, 5.41) is 0.640. The van der Waals surface area contributed by atoms with Crippen LogP contribution in [-0.2, 0) is 4.79 Å². The Morgan fingerprint density at radius 3 is 2.83 bits per heavy atom. The summed E-state index contributed by atoms with van der Waals surface area (Å²) in [5.74, 6) is -0.463. The van der Waals surface area contributed by atoms with Crippen LogP contribution in [-0.4, -0.2) is 5.91 Å². The molecule has 0 aromatic heterocycles. The van der Waals surface area contributed by atoms with E-state index in [1.54, 1.807) is 18.2 Å². The first-order valence-corrected chi connectivity index (χ1v) is 3.79. The molecule has 1 rings (SSSR count). The van der Waals surface area contributed by atoms with Crippen molar-refractivity contribution in [3.8, 4) is 0 Å². The molecule has 0 unspecified atom stereocenters. The summed E-state index contributed by atoms with van der Waals surface area (Å²) < 4.78 is 0. The summed E-state index contributed by atoms with van der Waals surface area (Å²) in [6, 6.07) is 7.17. The van der Waals surface area contributed by atoms with Crippen molar-refractivity contribution >= 4 is 23.6 Å². The number of nitrogens with two attached hydrogens (primary N) is 1. The Morgan fingerprint density at radius 2 is 2.25 bits per heavy atom. The van der Waals surface area contributed by atoms with Crippen molar-refractivity contribution in [1.29, 1.82) is 0 Å². The number of benzene rings is 1. The molecule has 0 spiro atoms. The molecule has 0 radical (unpaired) electrons. The molecule has 0 saturated heterocycles. The van der Waals surface area contributed by atoms with Crippen LogP contribution in [0.1, 0.15) is 5.56 Å². The minimum Gasteiger partial charge on any atom is -0.366 e. The second-order valence-electron chi connectivity index (χ2n) is 2.29. The van der Waals surface area contributed by atoms with Crippen molar-refractivity contribution in [3.63, 3.8) is 0 Å². The molecule has 0 atom stereocenters. The van der Waals surface area contributed by atoms with Crippen LogP contribution in [0.4, 0.5) is 0 Å². The molecule has 0 aliphatic rings. The average molecular weight is 182 g/mol. The van der Waals surface area contributed by atoms with E-state index < -0.39 is 5.91 Å². The summed E-state index contributed by atoms with van der Waals surface area (Å²) in [6.07, 6.45) is 2.92. The Hall–Kier alpha value is -1.28. The molecule has 0 heterocycles. The molecule has 1 amide bonds. The van der Waals surface area contributed by atoms with Gasteiger partial charge in [-0.3, -0.25) is 4.79 Å². The molecular weight excluding hydrogens is 174 g/mol. The second-order valence-corrected chi connectivity index (χ2v) is 2.73. The molecular formula is C9H8ClNO. The molecule has 2 N–H and O–H groups in total. The van der Waals surface area contributed by atoms with Crippen molar-refractivity contribution in [1.82, 2.24) is 0 Å². The monoisotopic (exact) mass is 181 g/mol. The smallest absolute Gasteiger partial charge is 0.241 e. The molecule has 62 valence electrons. The fourth-order valence-corrected chi connectivity index (χ4v) is 0.987. The highest BCUT2D eigenvalue weighted by Gasteiger charge is 1.89. The van der Waals surface area contributed by atoms with Crippen LogP contribution < -0.4 is 5.73 Å². The summed E-state index contributed by atoms with van der Waals surface area (Å²) in [4.78, 5) is 10.4. The Balaban J connectivity index is 2.83. The molecule has 12 heavy (non-hydrogen) atoms. The summed E-state index contributed by atoms with van der Waals surface area (Å²) in [6.45, 7) is 0. The van der Waals surface area contributed by atoms with Gasteiger partial charge in [0.2, 0.25) is 5.91 Å². The van der Waals surface area contributed by atoms with Gasteiger partial charge in [-0.2, -0.15) is 0 Å². The van der Waals surface area contributed by atoms with E-state index in [2.05, 4.69) is 0 Å².